The zero-order valence-electron chi connectivity index (χ0n) is 7.98. The molecule has 0 unspecified atom stereocenters. The van der Waals surface area contributed by atoms with Gasteiger partial charge in [-0.3, -0.25) is 0 Å². The Bertz CT molecular complexity index is 483. The second-order valence-corrected chi connectivity index (χ2v) is 4.13. The van der Waals surface area contributed by atoms with E-state index in [1.54, 1.807) is 4.68 Å². The third-order valence-corrected chi connectivity index (χ3v) is 3.39. The summed E-state index contributed by atoms with van der Waals surface area (Å²) in [5, 5.41) is 12.1. The number of nitrogens with zero attached hydrogens (tertiary/aromatic N) is 4. The summed E-state index contributed by atoms with van der Waals surface area (Å²) >= 11 is 9.41. The van der Waals surface area contributed by atoms with Crippen molar-refractivity contribution in [2.45, 2.75) is 13.3 Å². The van der Waals surface area contributed by atoms with Crippen molar-refractivity contribution in [3.63, 3.8) is 0 Å². The van der Waals surface area contributed by atoms with Crippen molar-refractivity contribution >= 4 is 27.5 Å². The van der Waals surface area contributed by atoms with E-state index in [2.05, 4.69) is 31.5 Å². The smallest absolute Gasteiger partial charge is 0.156 e. The average molecular weight is 288 g/mol. The second-order valence-electron chi connectivity index (χ2n) is 2.93. The molecule has 0 bridgehead atoms. The summed E-state index contributed by atoms with van der Waals surface area (Å²) in [6, 6.07) is 5.58. The van der Waals surface area contributed by atoms with Crippen molar-refractivity contribution in [3.8, 4) is 5.69 Å². The van der Waals surface area contributed by atoms with Crippen molar-refractivity contribution in [3.05, 3.63) is 33.5 Å². The Kier molecular flexibility index (Phi) is 3.02. The Morgan fingerprint density at radius 2 is 2.27 bits per heavy atom. The van der Waals surface area contributed by atoms with Crippen LogP contribution in [0.4, 0.5) is 0 Å². The number of halogens is 2. The molecule has 2 aromatic rings. The van der Waals surface area contributed by atoms with Crippen molar-refractivity contribution < 1.29 is 0 Å². The average Bonchev–Trinajstić information content (AvgIpc) is 2.70. The summed E-state index contributed by atoms with van der Waals surface area (Å²) in [7, 11) is 0. The van der Waals surface area contributed by atoms with Crippen LogP contribution in [0.5, 0.6) is 0 Å². The molecule has 0 fully saturated rings. The van der Waals surface area contributed by atoms with Gasteiger partial charge < -0.3 is 0 Å². The minimum Gasteiger partial charge on any atom is -0.196 e. The molecule has 78 valence electrons. The van der Waals surface area contributed by atoms with Crippen molar-refractivity contribution in [1.82, 2.24) is 20.2 Å². The normalized spacial score (nSPS) is 10.6. The fraction of sp³-hybridized carbons (Fsp3) is 0.222. The third-order valence-electron chi connectivity index (χ3n) is 2.01. The van der Waals surface area contributed by atoms with E-state index in [-0.39, 0.29) is 0 Å². The molecule has 1 aromatic carbocycles. The molecule has 1 aromatic heterocycles. The van der Waals surface area contributed by atoms with Crippen LogP contribution >= 0.6 is 27.5 Å². The van der Waals surface area contributed by atoms with Gasteiger partial charge in [-0.1, -0.05) is 24.6 Å². The summed E-state index contributed by atoms with van der Waals surface area (Å²) in [5.74, 6) is 0.804. The lowest BCUT2D eigenvalue weighted by molar-refractivity contribution is 0.764. The summed E-state index contributed by atoms with van der Waals surface area (Å²) in [6.45, 7) is 2.00. The first-order valence-corrected chi connectivity index (χ1v) is 5.62. The molecule has 2 rings (SSSR count). The predicted molar refractivity (Wildman–Crippen MR) is 61.2 cm³/mol. The molecule has 1 heterocycles. The molecule has 0 saturated carbocycles. The molecule has 15 heavy (non-hydrogen) atoms. The molecule has 4 nitrogen and oxygen atoms in total. The molecule has 0 amide bonds. The highest BCUT2D eigenvalue weighted by Gasteiger charge is 2.10. The van der Waals surface area contributed by atoms with Crippen LogP contribution in [0.2, 0.25) is 5.02 Å². The monoisotopic (exact) mass is 286 g/mol. The highest BCUT2D eigenvalue weighted by atomic mass is 79.9. The lowest BCUT2D eigenvalue weighted by Gasteiger charge is -2.06. The van der Waals surface area contributed by atoms with E-state index in [4.69, 9.17) is 11.6 Å². The highest BCUT2D eigenvalue weighted by molar-refractivity contribution is 9.10. The minimum atomic E-state index is 0.644. The maximum Gasteiger partial charge on any atom is 0.156 e. The molecule has 0 spiro atoms. The van der Waals surface area contributed by atoms with E-state index < -0.39 is 0 Å². The number of hydrogen-bond donors (Lipinski definition) is 0. The first-order chi connectivity index (χ1) is 7.24. The molecule has 0 aliphatic heterocycles. The Labute approximate surface area is 100 Å². The zero-order chi connectivity index (χ0) is 10.8. The maximum absolute atomic E-state index is 6.00. The van der Waals surface area contributed by atoms with Crippen LogP contribution < -0.4 is 0 Å². The Hall–Kier alpha value is -0.940. The number of benzene rings is 1. The van der Waals surface area contributed by atoms with Crippen molar-refractivity contribution in [2.24, 2.45) is 0 Å². The Morgan fingerprint density at radius 3 is 3.00 bits per heavy atom. The van der Waals surface area contributed by atoms with Gasteiger partial charge in [0.25, 0.3) is 0 Å². The number of tetrazole rings is 1. The third kappa shape index (κ3) is 1.89. The topological polar surface area (TPSA) is 43.6 Å². The van der Waals surface area contributed by atoms with Crippen LogP contribution in [0, 0.1) is 0 Å². The first kappa shape index (κ1) is 10.6. The molecule has 0 radical (unpaired) electrons. The van der Waals surface area contributed by atoms with Crippen LogP contribution in [0.3, 0.4) is 0 Å². The van der Waals surface area contributed by atoms with Crippen LogP contribution in [0.25, 0.3) is 5.69 Å². The Morgan fingerprint density at radius 1 is 1.47 bits per heavy atom. The van der Waals surface area contributed by atoms with Gasteiger partial charge in [0.2, 0.25) is 0 Å². The molecular formula is C9H8BrClN4. The number of rotatable bonds is 2. The maximum atomic E-state index is 6.00. The molecule has 6 heteroatoms. The summed E-state index contributed by atoms with van der Waals surface area (Å²) in [6.07, 6.45) is 0.770. The lowest BCUT2D eigenvalue weighted by Crippen LogP contribution is -2.03. The minimum absolute atomic E-state index is 0.644. The van der Waals surface area contributed by atoms with Gasteiger partial charge in [0.05, 0.1) is 15.2 Å². The predicted octanol–water partition coefficient (Wildman–Crippen LogP) is 2.64. The van der Waals surface area contributed by atoms with Gasteiger partial charge >= 0.3 is 0 Å². The standard InChI is InChI=1S/C9H8BrClN4/c1-2-8-12-13-14-15(8)7-5-3-4-6(11)9(7)10/h3-5H,2H2,1H3. The summed E-state index contributed by atoms with van der Waals surface area (Å²) in [5.41, 5.74) is 0.851. The first-order valence-electron chi connectivity index (χ1n) is 4.45. The van der Waals surface area contributed by atoms with Crippen LogP contribution in [0.1, 0.15) is 12.7 Å². The van der Waals surface area contributed by atoms with E-state index >= 15 is 0 Å². The summed E-state index contributed by atoms with van der Waals surface area (Å²) < 4.78 is 2.48. The molecule has 0 atom stereocenters. The van der Waals surface area contributed by atoms with Gasteiger partial charge in [-0.25, -0.2) is 0 Å². The van der Waals surface area contributed by atoms with E-state index in [0.29, 0.717) is 5.02 Å². The fourth-order valence-electron chi connectivity index (χ4n) is 1.27. The van der Waals surface area contributed by atoms with Gasteiger partial charge in [0, 0.05) is 6.42 Å². The Balaban J connectivity index is 2.59. The van der Waals surface area contributed by atoms with Crippen LogP contribution in [-0.2, 0) is 6.42 Å². The van der Waals surface area contributed by atoms with E-state index in [1.807, 2.05) is 25.1 Å². The SMILES string of the molecule is CCc1nnnn1-c1cccc(Cl)c1Br. The number of hydrogen-bond acceptors (Lipinski definition) is 3. The van der Waals surface area contributed by atoms with Gasteiger partial charge in [0.15, 0.2) is 5.82 Å². The quantitative estimate of drug-likeness (QED) is 0.853. The fourth-order valence-corrected chi connectivity index (χ4v) is 1.87. The van der Waals surface area contributed by atoms with Crippen molar-refractivity contribution in [1.29, 1.82) is 0 Å². The largest absolute Gasteiger partial charge is 0.196 e. The number of aromatic nitrogens is 4. The van der Waals surface area contributed by atoms with Gasteiger partial charge in [-0.15, -0.1) is 5.10 Å². The van der Waals surface area contributed by atoms with Gasteiger partial charge in [-0.2, -0.15) is 4.68 Å². The van der Waals surface area contributed by atoms with Gasteiger partial charge in [0.1, 0.15) is 0 Å². The van der Waals surface area contributed by atoms with Gasteiger partial charge in [-0.05, 0) is 38.5 Å². The molecule has 0 aliphatic rings. The van der Waals surface area contributed by atoms with Crippen LogP contribution in [0.15, 0.2) is 22.7 Å². The van der Waals surface area contributed by atoms with E-state index in [0.717, 1.165) is 22.4 Å². The molecule has 0 N–H and O–H groups in total. The second kappa shape index (κ2) is 4.28. The molecule has 0 saturated heterocycles. The van der Waals surface area contributed by atoms with E-state index in [1.165, 1.54) is 0 Å². The molecule has 0 aliphatic carbocycles. The number of aryl methyl sites for hydroxylation is 1. The summed E-state index contributed by atoms with van der Waals surface area (Å²) in [4.78, 5) is 0. The highest BCUT2D eigenvalue weighted by Crippen LogP contribution is 2.28. The van der Waals surface area contributed by atoms with E-state index in [9.17, 15) is 0 Å². The lowest BCUT2D eigenvalue weighted by atomic mass is 10.3. The van der Waals surface area contributed by atoms with Crippen molar-refractivity contribution in [2.75, 3.05) is 0 Å². The zero-order valence-corrected chi connectivity index (χ0v) is 10.3. The van der Waals surface area contributed by atoms with Crippen LogP contribution in [-0.4, -0.2) is 20.2 Å². The molecular weight excluding hydrogens is 279 g/mol.